The van der Waals surface area contributed by atoms with Crippen LogP contribution in [-0.2, 0) is 0 Å². The van der Waals surface area contributed by atoms with Crippen molar-refractivity contribution in [2.75, 3.05) is 0 Å². The summed E-state index contributed by atoms with van der Waals surface area (Å²) in [4.78, 5) is 0. The lowest BCUT2D eigenvalue weighted by atomic mass is 9.86. The molecule has 0 amide bonds. The fourth-order valence-corrected chi connectivity index (χ4v) is 8.12. The van der Waals surface area contributed by atoms with Gasteiger partial charge in [-0.05, 0) is 100 Å². The first kappa shape index (κ1) is 22.2. The number of rotatable bonds is 3. The zero-order chi connectivity index (χ0) is 36.4. The van der Waals surface area contributed by atoms with Gasteiger partial charge < -0.3 is 4.74 Å². The monoisotopic (exact) mass is 625 g/mol. The van der Waals surface area contributed by atoms with Crippen LogP contribution in [0, 0.1) is 0 Å². The first-order chi connectivity index (χ1) is 26.4. The Hall–Kier alpha value is -6.44. The average molecular weight is 626 g/mol. The van der Waals surface area contributed by atoms with Crippen LogP contribution in [0.1, 0.15) is 6.85 Å². The van der Waals surface area contributed by atoms with Gasteiger partial charge in [0.2, 0.25) is 0 Å². The molecule has 0 unspecified atom stereocenters. The maximum atomic E-state index is 8.71. The third-order valence-corrected chi connectivity index (χ3v) is 10.3. The predicted molar refractivity (Wildman–Crippen MR) is 207 cm³/mol. The molecule has 0 N–H and O–H groups in total. The van der Waals surface area contributed by atoms with Gasteiger partial charge in [0.25, 0.3) is 0 Å². The van der Waals surface area contributed by atoms with Crippen molar-refractivity contribution in [2.24, 2.45) is 0 Å². The summed E-state index contributed by atoms with van der Waals surface area (Å²) >= 11 is 0. The summed E-state index contributed by atoms with van der Waals surface area (Å²) in [5.74, 6) is 1.76. The topological polar surface area (TPSA) is 9.23 Å². The quantitative estimate of drug-likeness (QED) is 0.178. The highest BCUT2D eigenvalue weighted by Gasteiger charge is 2.23. The first-order valence-electron chi connectivity index (χ1n) is 19.0. The van der Waals surface area contributed by atoms with Gasteiger partial charge in [0, 0.05) is 16.3 Å². The molecule has 226 valence electrons. The zero-order valence-corrected chi connectivity index (χ0v) is 26.2. The molecule has 0 saturated carbocycles. The zero-order valence-electron chi connectivity index (χ0n) is 31.2. The average Bonchev–Trinajstić information content (AvgIpc) is 3.22. The fraction of sp³-hybridized carbons (Fsp3) is 0. The molecular formula is C48H28O. The Kier molecular flexibility index (Phi) is 4.54. The molecule has 0 bridgehead atoms. The molecule has 1 heterocycles. The summed E-state index contributed by atoms with van der Waals surface area (Å²) in [5, 5.41) is 10.7. The minimum absolute atomic E-state index is 0.198. The minimum atomic E-state index is -0.390. The van der Waals surface area contributed by atoms with Gasteiger partial charge in [0.05, 0.1) is 6.85 Å². The molecule has 0 atom stereocenters. The van der Waals surface area contributed by atoms with E-state index in [2.05, 4.69) is 121 Å². The molecule has 1 aliphatic heterocycles. The summed E-state index contributed by atoms with van der Waals surface area (Å²) in [5.41, 5.74) is 7.53. The Balaban J connectivity index is 1.09. The highest BCUT2D eigenvalue weighted by molar-refractivity contribution is 6.27. The van der Waals surface area contributed by atoms with Crippen LogP contribution in [0.25, 0.3) is 98.4 Å². The second-order valence-corrected chi connectivity index (χ2v) is 12.8. The Bertz CT molecular complexity index is 3230. The Morgan fingerprint density at radius 2 is 0.939 bits per heavy atom. The van der Waals surface area contributed by atoms with Crippen LogP contribution in [0.3, 0.4) is 0 Å². The van der Waals surface area contributed by atoms with Crippen LogP contribution >= 0.6 is 0 Å². The van der Waals surface area contributed by atoms with Crippen LogP contribution in [0.4, 0.5) is 0 Å². The molecule has 0 aliphatic carbocycles. The van der Waals surface area contributed by atoms with Gasteiger partial charge in [0.1, 0.15) is 11.5 Å². The van der Waals surface area contributed by atoms with Crippen molar-refractivity contribution < 1.29 is 11.6 Å². The third-order valence-electron chi connectivity index (χ3n) is 10.3. The normalized spacial score (nSPS) is 13.7. The molecule has 1 nitrogen and oxygen atoms in total. The molecule has 10 aromatic rings. The SMILES string of the molecule is [2H]c1c([2H])c([2H])c(-c2ccc3ccc4c(-c5cccc(-c6ccc7c8c(cccc68)-c6ccc8ccccc8c6O7)c5)ccc5ccc2c3c54)c([2H])c1[2H]. The highest BCUT2D eigenvalue weighted by atomic mass is 16.5. The van der Waals surface area contributed by atoms with Crippen molar-refractivity contribution in [1.82, 2.24) is 0 Å². The molecule has 0 aromatic heterocycles. The number of hydrogen-bond donors (Lipinski definition) is 0. The van der Waals surface area contributed by atoms with Gasteiger partial charge >= 0.3 is 0 Å². The van der Waals surface area contributed by atoms with Crippen molar-refractivity contribution in [3.63, 3.8) is 0 Å². The van der Waals surface area contributed by atoms with Gasteiger partial charge in [-0.25, -0.2) is 0 Å². The Morgan fingerprint density at radius 3 is 1.69 bits per heavy atom. The van der Waals surface area contributed by atoms with E-state index >= 15 is 0 Å². The van der Waals surface area contributed by atoms with Crippen molar-refractivity contribution in [2.45, 2.75) is 0 Å². The summed E-state index contributed by atoms with van der Waals surface area (Å²) in [7, 11) is 0. The number of ether oxygens (including phenoxy) is 1. The second kappa shape index (κ2) is 10.0. The number of hydrogen-bond acceptors (Lipinski definition) is 1. The van der Waals surface area contributed by atoms with Crippen molar-refractivity contribution in [3.8, 4) is 56.0 Å². The first-order valence-corrected chi connectivity index (χ1v) is 16.5. The number of fused-ring (bicyclic) bond motifs is 4. The van der Waals surface area contributed by atoms with Gasteiger partial charge in [-0.15, -0.1) is 0 Å². The van der Waals surface area contributed by atoms with Gasteiger partial charge in [-0.1, -0.05) is 152 Å². The van der Waals surface area contributed by atoms with Crippen molar-refractivity contribution in [3.05, 3.63) is 170 Å². The fourth-order valence-electron chi connectivity index (χ4n) is 8.12. The second-order valence-electron chi connectivity index (χ2n) is 12.8. The highest BCUT2D eigenvalue weighted by Crippen LogP contribution is 2.51. The van der Waals surface area contributed by atoms with E-state index in [1.807, 2.05) is 18.2 Å². The molecule has 0 saturated heterocycles. The standard InChI is InChI=1S/C48H28O/c1-2-8-29(9-3-1)35-21-17-31-20-24-42-36(22-18-32-19-23-41(35)45(31)46(32)42)33-11-6-12-34(28-33)37-26-27-44-47-39(37)14-7-15-40(47)43-25-16-30-10-4-5-13-38(30)48(43)49-44/h1-28H/i1D,2D,3D,8D,9D. The molecule has 0 spiro atoms. The molecular weight excluding hydrogens is 593 g/mol. The largest absolute Gasteiger partial charge is 0.455 e. The van der Waals surface area contributed by atoms with Crippen LogP contribution in [0.15, 0.2) is 170 Å². The Morgan fingerprint density at radius 1 is 0.367 bits per heavy atom. The van der Waals surface area contributed by atoms with E-state index in [0.717, 1.165) is 93.2 Å². The summed E-state index contributed by atoms with van der Waals surface area (Å²) < 4.78 is 48.9. The molecule has 0 radical (unpaired) electrons. The van der Waals surface area contributed by atoms with E-state index in [1.54, 1.807) is 0 Å². The lowest BCUT2D eigenvalue weighted by Gasteiger charge is -2.24. The smallest absolute Gasteiger partial charge is 0.143 e. The van der Waals surface area contributed by atoms with Crippen LogP contribution in [0.5, 0.6) is 11.5 Å². The van der Waals surface area contributed by atoms with Crippen LogP contribution < -0.4 is 4.74 Å². The van der Waals surface area contributed by atoms with E-state index in [0.29, 0.717) is 5.56 Å². The van der Waals surface area contributed by atoms with Crippen molar-refractivity contribution >= 4 is 53.9 Å². The van der Waals surface area contributed by atoms with E-state index in [4.69, 9.17) is 11.6 Å². The van der Waals surface area contributed by atoms with E-state index in [-0.39, 0.29) is 29.7 Å². The molecule has 1 heteroatoms. The van der Waals surface area contributed by atoms with E-state index in [1.165, 1.54) is 5.56 Å². The maximum Gasteiger partial charge on any atom is 0.143 e. The van der Waals surface area contributed by atoms with Gasteiger partial charge in [0.15, 0.2) is 0 Å². The van der Waals surface area contributed by atoms with E-state index < -0.39 is 6.04 Å². The van der Waals surface area contributed by atoms with Crippen LogP contribution in [-0.4, -0.2) is 0 Å². The summed E-state index contributed by atoms with van der Waals surface area (Å²) in [6.45, 7) is 0. The van der Waals surface area contributed by atoms with E-state index in [9.17, 15) is 0 Å². The van der Waals surface area contributed by atoms with Gasteiger partial charge in [-0.2, -0.15) is 0 Å². The van der Waals surface area contributed by atoms with Crippen molar-refractivity contribution in [1.29, 1.82) is 0 Å². The molecule has 49 heavy (non-hydrogen) atoms. The lowest BCUT2D eigenvalue weighted by molar-refractivity contribution is 0.493. The molecule has 0 fully saturated rings. The molecule has 10 aromatic carbocycles. The summed E-state index contributed by atoms with van der Waals surface area (Å²) in [6, 6.07) is 47.3. The Labute approximate surface area is 290 Å². The van der Waals surface area contributed by atoms with Gasteiger partial charge in [-0.3, -0.25) is 0 Å². The lowest BCUT2D eigenvalue weighted by Crippen LogP contribution is -1.98. The minimum Gasteiger partial charge on any atom is -0.455 e. The molecule has 1 aliphatic rings. The predicted octanol–water partition coefficient (Wildman–Crippen LogP) is 13.7. The van der Waals surface area contributed by atoms with Crippen LogP contribution in [0.2, 0.25) is 0 Å². The maximum absolute atomic E-state index is 8.71. The number of benzene rings is 10. The molecule has 11 rings (SSSR count). The third kappa shape index (κ3) is 3.82. The summed E-state index contributed by atoms with van der Waals surface area (Å²) in [6.07, 6.45) is 0.